The van der Waals surface area contributed by atoms with Crippen molar-refractivity contribution in [2.45, 2.75) is 27.3 Å². The second kappa shape index (κ2) is 7.29. The number of hydrogen-bond donors (Lipinski definition) is 1. The molecule has 148 valence electrons. The van der Waals surface area contributed by atoms with E-state index in [2.05, 4.69) is 15.4 Å². The number of rotatable bonds is 4. The number of benzene rings is 1. The zero-order chi connectivity index (χ0) is 20.7. The zero-order valence-corrected chi connectivity index (χ0v) is 17.5. The maximum absolute atomic E-state index is 13.0. The molecule has 0 radical (unpaired) electrons. The molecule has 29 heavy (non-hydrogen) atoms. The lowest BCUT2D eigenvalue weighted by Crippen LogP contribution is -2.21. The number of amides is 1. The molecule has 0 aliphatic carbocycles. The molecule has 8 heteroatoms. The van der Waals surface area contributed by atoms with Crippen LogP contribution in [0.3, 0.4) is 0 Å². The molecule has 4 rings (SSSR count). The minimum atomic E-state index is -0.226. The maximum atomic E-state index is 13.0. The summed E-state index contributed by atoms with van der Waals surface area (Å²) in [4.78, 5) is 31.4. The van der Waals surface area contributed by atoms with Crippen LogP contribution in [0.25, 0.3) is 10.2 Å². The van der Waals surface area contributed by atoms with Gasteiger partial charge in [-0.3, -0.25) is 18.8 Å². The highest BCUT2D eigenvalue weighted by molar-refractivity contribution is 7.20. The van der Waals surface area contributed by atoms with Gasteiger partial charge in [-0.15, -0.1) is 11.3 Å². The Bertz CT molecular complexity index is 1300. The van der Waals surface area contributed by atoms with Crippen molar-refractivity contribution in [1.29, 1.82) is 0 Å². The van der Waals surface area contributed by atoms with Crippen molar-refractivity contribution in [3.05, 3.63) is 74.4 Å². The first kappa shape index (κ1) is 19.1. The first-order valence-electron chi connectivity index (χ1n) is 9.18. The summed E-state index contributed by atoms with van der Waals surface area (Å²) in [5.74, 6) is -0.226. The van der Waals surface area contributed by atoms with Crippen LogP contribution in [0, 0.1) is 20.8 Å². The molecule has 0 saturated heterocycles. The Morgan fingerprint density at radius 2 is 2.03 bits per heavy atom. The van der Waals surface area contributed by atoms with Gasteiger partial charge in [-0.1, -0.05) is 17.7 Å². The average molecular weight is 407 g/mol. The van der Waals surface area contributed by atoms with Crippen LogP contribution < -0.4 is 10.9 Å². The topological polar surface area (TPSA) is 81.8 Å². The average Bonchev–Trinajstić information content (AvgIpc) is 3.23. The van der Waals surface area contributed by atoms with Crippen molar-refractivity contribution in [3.63, 3.8) is 0 Å². The van der Waals surface area contributed by atoms with Gasteiger partial charge in [0.1, 0.15) is 4.83 Å². The molecule has 0 atom stereocenters. The van der Waals surface area contributed by atoms with E-state index >= 15 is 0 Å². The predicted octanol–water partition coefficient (Wildman–Crippen LogP) is 3.42. The molecule has 1 aromatic carbocycles. The molecule has 0 aliphatic rings. The van der Waals surface area contributed by atoms with Gasteiger partial charge in [-0.05, 0) is 38.0 Å². The van der Waals surface area contributed by atoms with Gasteiger partial charge in [0.15, 0.2) is 0 Å². The van der Waals surface area contributed by atoms with E-state index in [0.717, 1.165) is 22.4 Å². The zero-order valence-electron chi connectivity index (χ0n) is 16.7. The fraction of sp³-hybridized carbons (Fsp3) is 0.238. The number of aryl methyl sites for hydroxylation is 4. The number of aromatic nitrogens is 4. The lowest BCUT2D eigenvalue weighted by Gasteiger charge is -2.08. The molecule has 4 aromatic rings. The molecule has 7 nitrogen and oxygen atoms in total. The molecule has 0 bridgehead atoms. The van der Waals surface area contributed by atoms with E-state index in [0.29, 0.717) is 27.2 Å². The normalized spacial score (nSPS) is 11.2. The fourth-order valence-electron chi connectivity index (χ4n) is 3.37. The third-order valence-corrected chi connectivity index (χ3v) is 6.06. The van der Waals surface area contributed by atoms with Crippen molar-refractivity contribution in [1.82, 2.24) is 19.3 Å². The number of nitrogens with zero attached hydrogens (tertiary/aromatic N) is 4. The quantitative estimate of drug-likeness (QED) is 0.562. The summed E-state index contributed by atoms with van der Waals surface area (Å²) in [5.41, 5.74) is 4.31. The molecule has 0 fully saturated rings. The minimum absolute atomic E-state index is 0.154. The van der Waals surface area contributed by atoms with Crippen LogP contribution in [0.1, 0.15) is 31.9 Å². The monoisotopic (exact) mass is 407 g/mol. The van der Waals surface area contributed by atoms with Crippen molar-refractivity contribution >= 4 is 33.1 Å². The van der Waals surface area contributed by atoms with Crippen LogP contribution in [-0.2, 0) is 13.6 Å². The second-order valence-electron chi connectivity index (χ2n) is 7.21. The number of thiophene rings is 1. The summed E-state index contributed by atoms with van der Waals surface area (Å²) in [5, 5.41) is 7.58. The second-order valence-corrected chi connectivity index (χ2v) is 8.21. The Kier molecular flexibility index (Phi) is 4.79. The van der Waals surface area contributed by atoms with Crippen molar-refractivity contribution in [2.24, 2.45) is 7.05 Å². The van der Waals surface area contributed by atoms with E-state index in [1.54, 1.807) is 22.4 Å². The Labute approximate surface area is 171 Å². The smallest absolute Gasteiger partial charge is 0.266 e. The highest BCUT2D eigenvalue weighted by atomic mass is 32.1. The fourth-order valence-corrected chi connectivity index (χ4v) is 4.41. The first-order valence-corrected chi connectivity index (χ1v) is 10.00. The van der Waals surface area contributed by atoms with Crippen molar-refractivity contribution in [3.8, 4) is 0 Å². The molecular weight excluding hydrogens is 386 g/mol. The van der Waals surface area contributed by atoms with E-state index in [1.807, 2.05) is 45.3 Å². The molecule has 0 aliphatic heterocycles. The van der Waals surface area contributed by atoms with Crippen molar-refractivity contribution < 1.29 is 4.79 Å². The SMILES string of the molecule is Cc1ccc(NC(=O)c2sc3ncn(Cc4cnn(C)c4)c(=O)c3c2C)c(C)c1. The summed E-state index contributed by atoms with van der Waals surface area (Å²) >= 11 is 1.24. The van der Waals surface area contributed by atoms with Gasteiger partial charge < -0.3 is 5.32 Å². The van der Waals surface area contributed by atoms with E-state index in [-0.39, 0.29) is 11.5 Å². The maximum Gasteiger partial charge on any atom is 0.266 e. The van der Waals surface area contributed by atoms with Gasteiger partial charge in [0.2, 0.25) is 0 Å². The lowest BCUT2D eigenvalue weighted by molar-refractivity contribution is 0.103. The molecule has 3 aromatic heterocycles. The van der Waals surface area contributed by atoms with Gasteiger partial charge in [0.05, 0.1) is 29.3 Å². The minimum Gasteiger partial charge on any atom is -0.321 e. The van der Waals surface area contributed by atoms with Crippen molar-refractivity contribution in [2.75, 3.05) is 5.32 Å². The molecule has 0 saturated carbocycles. The Morgan fingerprint density at radius 3 is 2.72 bits per heavy atom. The van der Waals surface area contributed by atoms with E-state index < -0.39 is 0 Å². The first-order chi connectivity index (χ1) is 13.8. The van der Waals surface area contributed by atoms with Crippen LogP contribution >= 0.6 is 11.3 Å². The number of anilines is 1. The molecule has 0 spiro atoms. The summed E-state index contributed by atoms with van der Waals surface area (Å²) in [6.07, 6.45) is 5.11. The van der Waals surface area contributed by atoms with Gasteiger partial charge in [-0.2, -0.15) is 5.10 Å². The standard InChI is InChI=1S/C21H21N5O2S/c1-12-5-6-16(13(2)7-12)24-19(27)18-14(3)17-20(29-18)22-11-26(21(17)28)10-15-8-23-25(4)9-15/h5-9,11H,10H2,1-4H3,(H,24,27). The number of carbonyl (C=O) groups is 1. The van der Waals surface area contributed by atoms with E-state index in [4.69, 9.17) is 0 Å². The highest BCUT2D eigenvalue weighted by Crippen LogP contribution is 2.28. The van der Waals surface area contributed by atoms with Gasteiger partial charge in [-0.25, -0.2) is 4.98 Å². The number of nitrogens with one attached hydrogen (secondary N) is 1. The van der Waals surface area contributed by atoms with Gasteiger partial charge in [0, 0.05) is 24.5 Å². The Hall–Kier alpha value is -3.26. The van der Waals surface area contributed by atoms with Crippen LogP contribution in [0.5, 0.6) is 0 Å². The third kappa shape index (κ3) is 3.58. The van der Waals surface area contributed by atoms with Crippen LogP contribution in [0.15, 0.2) is 41.7 Å². The summed E-state index contributed by atoms with van der Waals surface area (Å²) < 4.78 is 3.24. The largest absolute Gasteiger partial charge is 0.321 e. The summed E-state index contributed by atoms with van der Waals surface area (Å²) in [7, 11) is 1.83. The predicted molar refractivity (Wildman–Crippen MR) is 115 cm³/mol. The summed E-state index contributed by atoms with van der Waals surface area (Å²) in [6.45, 7) is 6.15. The Morgan fingerprint density at radius 1 is 1.24 bits per heavy atom. The third-order valence-electron chi connectivity index (χ3n) is 4.86. The number of fused-ring (bicyclic) bond motifs is 1. The highest BCUT2D eigenvalue weighted by Gasteiger charge is 2.20. The molecular formula is C21H21N5O2S. The lowest BCUT2D eigenvalue weighted by atomic mass is 10.1. The molecule has 1 N–H and O–H groups in total. The molecule has 1 amide bonds. The van der Waals surface area contributed by atoms with Crippen LogP contribution in [-0.4, -0.2) is 25.2 Å². The van der Waals surface area contributed by atoms with E-state index in [9.17, 15) is 9.59 Å². The van der Waals surface area contributed by atoms with Gasteiger partial charge >= 0.3 is 0 Å². The van der Waals surface area contributed by atoms with Crippen LogP contribution in [0.4, 0.5) is 5.69 Å². The Balaban J connectivity index is 1.69. The number of hydrogen-bond acceptors (Lipinski definition) is 5. The summed E-state index contributed by atoms with van der Waals surface area (Å²) in [6, 6.07) is 5.87. The molecule has 0 unspecified atom stereocenters. The molecule has 3 heterocycles. The van der Waals surface area contributed by atoms with E-state index in [1.165, 1.54) is 17.7 Å². The van der Waals surface area contributed by atoms with Gasteiger partial charge in [0.25, 0.3) is 11.5 Å². The van der Waals surface area contributed by atoms with Crippen LogP contribution in [0.2, 0.25) is 0 Å². The number of carbonyl (C=O) groups excluding carboxylic acids is 1.